The van der Waals surface area contributed by atoms with Gasteiger partial charge >= 0.3 is 0 Å². The highest BCUT2D eigenvalue weighted by Crippen LogP contribution is 2.45. The van der Waals surface area contributed by atoms with E-state index in [0.717, 1.165) is 19.3 Å². The van der Waals surface area contributed by atoms with Gasteiger partial charge in [-0.3, -0.25) is 0 Å². The van der Waals surface area contributed by atoms with Crippen LogP contribution in [-0.4, -0.2) is 15.8 Å². The predicted octanol–water partition coefficient (Wildman–Crippen LogP) is 1.22. The fourth-order valence-electron chi connectivity index (χ4n) is 1.82. The van der Waals surface area contributed by atoms with Crippen molar-refractivity contribution in [3.8, 4) is 12.8 Å². The van der Waals surface area contributed by atoms with Crippen LogP contribution in [0.2, 0.25) is 0 Å². The number of rotatable bonds is 0. The van der Waals surface area contributed by atoms with Crippen molar-refractivity contribution in [1.82, 2.24) is 0 Å². The van der Waals surface area contributed by atoms with Crippen molar-refractivity contribution in [2.24, 2.45) is 5.92 Å². The molecule has 1 saturated carbocycles. The van der Waals surface area contributed by atoms with Gasteiger partial charge in [0.05, 0.1) is 0 Å². The number of aliphatic hydroxyl groups is 2. The van der Waals surface area contributed by atoms with E-state index in [1.54, 1.807) is 6.08 Å². The molecule has 0 aliphatic heterocycles. The molecular formula is C9H12O2. The molecule has 60 valence electrons. The molecule has 0 aromatic carbocycles. The van der Waals surface area contributed by atoms with Gasteiger partial charge in [0.2, 0.25) is 0 Å². The average molecular weight is 152 g/mol. The standard InChI is InChI=1S/C7H10O2.C2H2/c8-6-3-5-1-2-7(6,9)4-5;1-2/h3,5,8-9H,1-2,4H2;1-2H. The third kappa shape index (κ3) is 1.12. The zero-order valence-corrected chi connectivity index (χ0v) is 6.33. The Balaban J connectivity index is 0.000000281. The van der Waals surface area contributed by atoms with Crippen molar-refractivity contribution in [2.45, 2.75) is 24.9 Å². The lowest BCUT2D eigenvalue weighted by atomic mass is 10.0. The maximum Gasteiger partial charge on any atom is 0.121 e. The van der Waals surface area contributed by atoms with Crippen molar-refractivity contribution in [3.63, 3.8) is 0 Å². The van der Waals surface area contributed by atoms with Crippen LogP contribution in [0.3, 0.4) is 0 Å². The van der Waals surface area contributed by atoms with Gasteiger partial charge in [0.25, 0.3) is 0 Å². The number of hydrogen-bond donors (Lipinski definition) is 2. The van der Waals surface area contributed by atoms with E-state index in [2.05, 4.69) is 12.8 Å². The second-order valence-electron chi connectivity index (χ2n) is 3.09. The highest BCUT2D eigenvalue weighted by atomic mass is 16.3. The van der Waals surface area contributed by atoms with E-state index in [9.17, 15) is 5.11 Å². The Kier molecular flexibility index (Phi) is 1.92. The number of aliphatic hydroxyl groups excluding tert-OH is 1. The van der Waals surface area contributed by atoms with Crippen LogP contribution in [0.4, 0.5) is 0 Å². The van der Waals surface area contributed by atoms with Gasteiger partial charge in [-0.1, -0.05) is 0 Å². The Bertz CT molecular complexity index is 205. The molecule has 0 radical (unpaired) electrons. The minimum absolute atomic E-state index is 0.207. The summed E-state index contributed by atoms with van der Waals surface area (Å²) in [6.45, 7) is 0. The van der Waals surface area contributed by atoms with E-state index in [1.807, 2.05) is 0 Å². The Morgan fingerprint density at radius 1 is 1.55 bits per heavy atom. The van der Waals surface area contributed by atoms with E-state index in [1.165, 1.54) is 0 Å². The highest BCUT2D eigenvalue weighted by Gasteiger charge is 2.45. The summed E-state index contributed by atoms with van der Waals surface area (Å²) in [5, 5.41) is 18.6. The summed E-state index contributed by atoms with van der Waals surface area (Å²) in [6.07, 6.45) is 12.3. The minimum atomic E-state index is -0.815. The van der Waals surface area contributed by atoms with Crippen molar-refractivity contribution in [2.75, 3.05) is 0 Å². The van der Waals surface area contributed by atoms with Gasteiger partial charge in [-0.25, -0.2) is 0 Å². The number of fused-ring (bicyclic) bond motifs is 2. The number of allylic oxidation sites excluding steroid dienone is 1. The van der Waals surface area contributed by atoms with Gasteiger partial charge < -0.3 is 10.2 Å². The number of terminal acetylenes is 1. The molecule has 1 fully saturated rings. The monoisotopic (exact) mass is 152 g/mol. The number of hydrogen-bond acceptors (Lipinski definition) is 2. The summed E-state index contributed by atoms with van der Waals surface area (Å²) in [6, 6.07) is 0. The molecule has 2 unspecified atom stereocenters. The van der Waals surface area contributed by atoms with Crippen LogP contribution in [0.1, 0.15) is 19.3 Å². The molecule has 2 rings (SSSR count). The van der Waals surface area contributed by atoms with Crippen LogP contribution < -0.4 is 0 Å². The zero-order chi connectivity index (χ0) is 8.48. The third-order valence-electron chi connectivity index (χ3n) is 2.40. The highest BCUT2D eigenvalue weighted by molar-refractivity contribution is 5.22. The largest absolute Gasteiger partial charge is 0.510 e. The van der Waals surface area contributed by atoms with Gasteiger partial charge in [0, 0.05) is 0 Å². The Labute approximate surface area is 66.6 Å². The molecule has 0 spiro atoms. The normalized spacial score (nSPS) is 39.2. The molecule has 2 N–H and O–H groups in total. The van der Waals surface area contributed by atoms with Gasteiger partial charge in [-0.2, -0.15) is 0 Å². The Hall–Kier alpha value is -0.940. The zero-order valence-electron chi connectivity index (χ0n) is 6.33. The predicted molar refractivity (Wildman–Crippen MR) is 42.9 cm³/mol. The fraction of sp³-hybridized carbons (Fsp3) is 0.556. The van der Waals surface area contributed by atoms with Crippen LogP contribution in [0.5, 0.6) is 0 Å². The first-order chi connectivity index (χ1) is 5.21. The molecule has 0 amide bonds. The molecule has 2 heteroatoms. The first-order valence-corrected chi connectivity index (χ1v) is 3.68. The average Bonchev–Trinajstić information content (AvgIpc) is 2.48. The molecule has 0 saturated heterocycles. The molecule has 0 aromatic rings. The Morgan fingerprint density at radius 3 is 2.36 bits per heavy atom. The van der Waals surface area contributed by atoms with Crippen LogP contribution in [0, 0.1) is 18.8 Å². The summed E-state index contributed by atoms with van der Waals surface area (Å²) >= 11 is 0. The molecule has 2 bridgehead atoms. The molecular weight excluding hydrogens is 140 g/mol. The summed E-state index contributed by atoms with van der Waals surface area (Å²) < 4.78 is 0. The topological polar surface area (TPSA) is 40.5 Å². The first kappa shape index (κ1) is 8.16. The third-order valence-corrected chi connectivity index (χ3v) is 2.40. The smallest absolute Gasteiger partial charge is 0.121 e. The van der Waals surface area contributed by atoms with Gasteiger partial charge in [-0.05, 0) is 31.3 Å². The maximum atomic E-state index is 9.49. The second-order valence-corrected chi connectivity index (χ2v) is 3.09. The second kappa shape index (κ2) is 2.60. The van der Waals surface area contributed by atoms with Crippen molar-refractivity contribution < 1.29 is 10.2 Å². The van der Waals surface area contributed by atoms with Crippen molar-refractivity contribution in [1.29, 1.82) is 0 Å². The van der Waals surface area contributed by atoms with Crippen LogP contribution in [0.25, 0.3) is 0 Å². The van der Waals surface area contributed by atoms with E-state index < -0.39 is 5.60 Å². The van der Waals surface area contributed by atoms with Gasteiger partial charge in [-0.15, -0.1) is 12.8 Å². The van der Waals surface area contributed by atoms with Crippen LogP contribution in [0.15, 0.2) is 11.8 Å². The van der Waals surface area contributed by atoms with Crippen molar-refractivity contribution in [3.05, 3.63) is 11.8 Å². The first-order valence-electron chi connectivity index (χ1n) is 3.68. The summed E-state index contributed by atoms with van der Waals surface area (Å²) in [5.74, 6) is 0.661. The molecule has 0 heterocycles. The molecule has 2 atom stereocenters. The van der Waals surface area contributed by atoms with Gasteiger partial charge in [0.15, 0.2) is 0 Å². The molecule has 0 aromatic heterocycles. The molecule has 11 heavy (non-hydrogen) atoms. The fourth-order valence-corrected chi connectivity index (χ4v) is 1.82. The van der Waals surface area contributed by atoms with E-state index in [0.29, 0.717) is 5.92 Å². The summed E-state index contributed by atoms with van der Waals surface area (Å²) in [5.41, 5.74) is -0.815. The molecule has 2 aliphatic rings. The Morgan fingerprint density at radius 2 is 2.18 bits per heavy atom. The van der Waals surface area contributed by atoms with Gasteiger partial charge in [0.1, 0.15) is 11.4 Å². The summed E-state index contributed by atoms with van der Waals surface area (Å²) in [7, 11) is 0. The maximum absolute atomic E-state index is 9.49. The lowest BCUT2D eigenvalue weighted by Crippen LogP contribution is -2.24. The van der Waals surface area contributed by atoms with E-state index in [4.69, 9.17) is 5.11 Å². The van der Waals surface area contributed by atoms with E-state index in [-0.39, 0.29) is 5.76 Å². The summed E-state index contributed by atoms with van der Waals surface area (Å²) in [4.78, 5) is 0. The lowest BCUT2D eigenvalue weighted by molar-refractivity contribution is 0.0478. The van der Waals surface area contributed by atoms with Crippen LogP contribution >= 0.6 is 0 Å². The SMILES string of the molecule is C#C.OC1=CC2CCC1(O)C2. The van der Waals surface area contributed by atoms with Crippen LogP contribution in [-0.2, 0) is 0 Å². The minimum Gasteiger partial charge on any atom is -0.510 e. The lowest BCUT2D eigenvalue weighted by Gasteiger charge is -2.17. The van der Waals surface area contributed by atoms with Crippen molar-refractivity contribution >= 4 is 0 Å². The quantitative estimate of drug-likeness (QED) is 0.512. The molecule has 2 nitrogen and oxygen atoms in total. The van der Waals surface area contributed by atoms with E-state index >= 15 is 0 Å². The molecule has 2 aliphatic carbocycles.